The molecule has 0 spiro atoms. The third-order valence-corrected chi connectivity index (χ3v) is 3.95. The predicted octanol–water partition coefficient (Wildman–Crippen LogP) is 1.11. The fourth-order valence-electron chi connectivity index (χ4n) is 2.91. The summed E-state index contributed by atoms with van der Waals surface area (Å²) in [5, 5.41) is 3.27. The number of nitrogens with zero attached hydrogens (tertiary/aromatic N) is 1. The van der Waals surface area contributed by atoms with Crippen LogP contribution in [0.4, 0.5) is 0 Å². The van der Waals surface area contributed by atoms with Gasteiger partial charge in [-0.2, -0.15) is 0 Å². The highest BCUT2D eigenvalue weighted by Gasteiger charge is 2.18. The Bertz CT molecular complexity index is 511. The zero-order chi connectivity index (χ0) is 15.1. The maximum absolute atomic E-state index is 12.6. The minimum atomic E-state index is 0.150. The van der Waals surface area contributed by atoms with Crippen molar-refractivity contribution in [1.29, 1.82) is 0 Å². The smallest absolute Gasteiger partial charge is 0.255 e. The molecule has 0 amide bonds. The lowest BCUT2D eigenvalue weighted by atomic mass is 10.1. The molecule has 1 N–H and O–H groups in total. The Morgan fingerprint density at radius 2 is 2.05 bits per heavy atom. The van der Waals surface area contributed by atoms with Crippen LogP contribution in [0.1, 0.15) is 29.7 Å². The van der Waals surface area contributed by atoms with E-state index in [1.165, 1.54) is 11.3 Å². The van der Waals surface area contributed by atoms with Gasteiger partial charge in [0.15, 0.2) is 0 Å². The first-order valence-corrected chi connectivity index (χ1v) is 7.71. The van der Waals surface area contributed by atoms with Gasteiger partial charge >= 0.3 is 0 Å². The van der Waals surface area contributed by atoms with Crippen LogP contribution in [0.5, 0.6) is 0 Å². The van der Waals surface area contributed by atoms with Gasteiger partial charge in [-0.1, -0.05) is 0 Å². The Hall–Kier alpha value is -1.17. The highest BCUT2D eigenvalue weighted by Crippen LogP contribution is 2.21. The molecule has 0 fully saturated rings. The predicted molar refractivity (Wildman–Crippen MR) is 82.8 cm³/mol. The molecular weight excluding hydrogens is 268 g/mol. The number of hydrogen-bond donors (Lipinski definition) is 1. The maximum atomic E-state index is 12.6. The van der Waals surface area contributed by atoms with Crippen molar-refractivity contribution >= 4 is 0 Å². The van der Waals surface area contributed by atoms with Crippen LogP contribution in [-0.2, 0) is 35.4 Å². The Labute approximate surface area is 126 Å². The average Bonchev–Trinajstić information content (AvgIpc) is 2.94. The van der Waals surface area contributed by atoms with Crippen LogP contribution in [-0.4, -0.2) is 38.5 Å². The summed E-state index contributed by atoms with van der Waals surface area (Å²) in [6.45, 7) is 3.47. The number of fused-ring (bicyclic) bond motifs is 1. The van der Waals surface area contributed by atoms with Crippen molar-refractivity contribution in [3.8, 4) is 0 Å². The van der Waals surface area contributed by atoms with Crippen molar-refractivity contribution in [3.05, 3.63) is 33.2 Å². The molecular formula is C16H26N2O3. The van der Waals surface area contributed by atoms with Gasteiger partial charge in [0.25, 0.3) is 5.56 Å². The summed E-state index contributed by atoms with van der Waals surface area (Å²) in [5.41, 5.74) is 3.59. The van der Waals surface area contributed by atoms with Crippen LogP contribution in [0.2, 0.25) is 0 Å². The van der Waals surface area contributed by atoms with Gasteiger partial charge in [-0.3, -0.25) is 4.79 Å². The molecule has 1 aromatic rings. The third-order valence-electron chi connectivity index (χ3n) is 3.95. The minimum absolute atomic E-state index is 0.150. The Kier molecular flexibility index (Phi) is 6.42. The molecule has 0 aromatic carbocycles. The largest absolute Gasteiger partial charge is 0.385 e. The van der Waals surface area contributed by atoms with Gasteiger partial charge in [0.2, 0.25) is 0 Å². The van der Waals surface area contributed by atoms with Crippen molar-refractivity contribution in [2.45, 2.75) is 38.8 Å². The molecule has 5 heteroatoms. The first kappa shape index (κ1) is 16.2. The summed E-state index contributed by atoms with van der Waals surface area (Å²) >= 11 is 0. The van der Waals surface area contributed by atoms with E-state index in [2.05, 4.69) is 11.4 Å². The molecule has 1 heterocycles. The Balaban J connectivity index is 2.14. The molecule has 21 heavy (non-hydrogen) atoms. The SMILES string of the molecule is COCCCn1c2c(cc(CNCCOC)c1=O)CCC2. The first-order valence-electron chi connectivity index (χ1n) is 7.71. The molecule has 5 nitrogen and oxygen atoms in total. The van der Waals surface area contributed by atoms with Crippen molar-refractivity contribution in [1.82, 2.24) is 9.88 Å². The summed E-state index contributed by atoms with van der Waals surface area (Å²) in [6.07, 6.45) is 4.14. The van der Waals surface area contributed by atoms with E-state index in [0.717, 1.165) is 44.3 Å². The van der Waals surface area contributed by atoms with Gasteiger partial charge in [0, 0.05) is 51.7 Å². The standard InChI is InChI=1S/C16H26N2O3/c1-20-9-4-8-18-15-6-3-5-13(15)11-14(16(18)19)12-17-7-10-21-2/h11,17H,3-10,12H2,1-2H3. The fourth-order valence-corrected chi connectivity index (χ4v) is 2.91. The Morgan fingerprint density at radius 1 is 1.24 bits per heavy atom. The molecule has 2 rings (SSSR count). The van der Waals surface area contributed by atoms with Crippen molar-refractivity contribution in [3.63, 3.8) is 0 Å². The summed E-state index contributed by atoms with van der Waals surface area (Å²) in [7, 11) is 3.38. The van der Waals surface area contributed by atoms with Gasteiger partial charge < -0.3 is 19.4 Å². The summed E-state index contributed by atoms with van der Waals surface area (Å²) < 4.78 is 12.1. The van der Waals surface area contributed by atoms with E-state index in [1.54, 1.807) is 14.2 Å². The van der Waals surface area contributed by atoms with Gasteiger partial charge in [0.1, 0.15) is 0 Å². The zero-order valence-corrected chi connectivity index (χ0v) is 13.1. The first-order chi connectivity index (χ1) is 10.3. The third kappa shape index (κ3) is 4.15. The molecule has 0 unspecified atom stereocenters. The molecule has 0 bridgehead atoms. The van der Waals surface area contributed by atoms with E-state index in [0.29, 0.717) is 19.8 Å². The van der Waals surface area contributed by atoms with Crippen molar-refractivity contribution < 1.29 is 9.47 Å². The minimum Gasteiger partial charge on any atom is -0.385 e. The van der Waals surface area contributed by atoms with E-state index in [4.69, 9.17) is 9.47 Å². The second-order valence-electron chi connectivity index (χ2n) is 5.47. The van der Waals surface area contributed by atoms with E-state index in [9.17, 15) is 4.79 Å². The van der Waals surface area contributed by atoms with Gasteiger partial charge in [-0.05, 0) is 37.3 Å². The topological polar surface area (TPSA) is 52.5 Å². The summed E-state index contributed by atoms with van der Waals surface area (Å²) in [4.78, 5) is 12.6. The normalized spacial score (nSPS) is 13.6. The van der Waals surface area contributed by atoms with E-state index in [1.807, 2.05) is 4.57 Å². The second-order valence-corrected chi connectivity index (χ2v) is 5.47. The molecule has 1 aliphatic carbocycles. The molecule has 118 valence electrons. The van der Waals surface area contributed by atoms with Crippen LogP contribution in [0, 0.1) is 0 Å². The fraction of sp³-hybridized carbons (Fsp3) is 0.688. The lowest BCUT2D eigenvalue weighted by molar-refractivity contribution is 0.189. The van der Waals surface area contributed by atoms with E-state index >= 15 is 0 Å². The molecule has 0 atom stereocenters. The van der Waals surface area contributed by atoms with Gasteiger partial charge in [-0.15, -0.1) is 0 Å². The lowest BCUT2D eigenvalue weighted by Gasteiger charge is -2.15. The molecule has 0 saturated heterocycles. The number of aromatic nitrogens is 1. The zero-order valence-electron chi connectivity index (χ0n) is 13.1. The highest BCUT2D eigenvalue weighted by molar-refractivity contribution is 5.30. The maximum Gasteiger partial charge on any atom is 0.255 e. The van der Waals surface area contributed by atoms with E-state index < -0.39 is 0 Å². The number of ether oxygens (including phenoxy) is 2. The van der Waals surface area contributed by atoms with Gasteiger partial charge in [0.05, 0.1) is 6.61 Å². The molecule has 1 aromatic heterocycles. The van der Waals surface area contributed by atoms with Crippen molar-refractivity contribution in [2.75, 3.05) is 34.0 Å². The number of methoxy groups -OCH3 is 2. The number of nitrogens with one attached hydrogen (secondary N) is 1. The lowest BCUT2D eigenvalue weighted by Crippen LogP contribution is -2.31. The van der Waals surface area contributed by atoms with Crippen LogP contribution < -0.4 is 10.9 Å². The summed E-state index contributed by atoms with van der Waals surface area (Å²) in [5.74, 6) is 0. The van der Waals surface area contributed by atoms with Crippen LogP contribution in [0.15, 0.2) is 10.9 Å². The monoisotopic (exact) mass is 294 g/mol. The Morgan fingerprint density at radius 3 is 2.81 bits per heavy atom. The second kappa shape index (κ2) is 8.32. The van der Waals surface area contributed by atoms with Gasteiger partial charge in [-0.25, -0.2) is 0 Å². The van der Waals surface area contributed by atoms with Crippen LogP contribution >= 0.6 is 0 Å². The highest BCUT2D eigenvalue weighted by atomic mass is 16.5. The van der Waals surface area contributed by atoms with Crippen molar-refractivity contribution in [2.24, 2.45) is 0 Å². The summed E-state index contributed by atoms with van der Waals surface area (Å²) in [6, 6.07) is 2.09. The number of aryl methyl sites for hydroxylation is 1. The average molecular weight is 294 g/mol. The van der Waals surface area contributed by atoms with E-state index in [-0.39, 0.29) is 5.56 Å². The molecule has 1 aliphatic rings. The van der Waals surface area contributed by atoms with Crippen LogP contribution in [0.3, 0.4) is 0 Å². The number of rotatable bonds is 9. The number of pyridine rings is 1. The molecule has 0 radical (unpaired) electrons. The molecule has 0 saturated carbocycles. The van der Waals surface area contributed by atoms with Crippen LogP contribution in [0.25, 0.3) is 0 Å². The quantitative estimate of drug-likeness (QED) is 0.693. The number of hydrogen-bond acceptors (Lipinski definition) is 4. The molecule has 0 aliphatic heterocycles.